The molecule has 124 valence electrons. The minimum absolute atomic E-state index is 0.0895. The number of rotatable bonds is 5. The van der Waals surface area contributed by atoms with Crippen LogP contribution in [0.5, 0.6) is 5.75 Å². The molecule has 1 unspecified atom stereocenters. The van der Waals surface area contributed by atoms with Crippen molar-refractivity contribution in [2.24, 2.45) is 11.3 Å². The van der Waals surface area contributed by atoms with Crippen molar-refractivity contribution in [3.63, 3.8) is 0 Å². The fraction of sp³-hybridized carbons (Fsp3) is 0.632. The Hall–Kier alpha value is -1.55. The molecule has 4 heteroatoms. The van der Waals surface area contributed by atoms with Crippen molar-refractivity contribution in [3.05, 3.63) is 29.8 Å². The van der Waals surface area contributed by atoms with E-state index in [0.717, 1.165) is 49.7 Å². The third-order valence-electron chi connectivity index (χ3n) is 5.75. The zero-order valence-electron chi connectivity index (χ0n) is 14.0. The van der Waals surface area contributed by atoms with Crippen molar-refractivity contribution in [2.75, 3.05) is 33.3 Å². The minimum atomic E-state index is -0.0895. The van der Waals surface area contributed by atoms with E-state index < -0.39 is 0 Å². The number of ether oxygens (including phenoxy) is 1. The van der Waals surface area contributed by atoms with E-state index in [1.54, 1.807) is 7.11 Å². The van der Waals surface area contributed by atoms with Gasteiger partial charge >= 0.3 is 0 Å². The third-order valence-corrected chi connectivity index (χ3v) is 5.75. The quantitative estimate of drug-likeness (QED) is 0.837. The van der Waals surface area contributed by atoms with Gasteiger partial charge in [0.05, 0.1) is 12.5 Å². The van der Waals surface area contributed by atoms with E-state index >= 15 is 0 Å². The second-order valence-electron chi connectivity index (χ2n) is 7.54. The molecule has 1 atom stereocenters. The van der Waals surface area contributed by atoms with E-state index in [-0.39, 0.29) is 5.41 Å². The van der Waals surface area contributed by atoms with E-state index in [1.807, 2.05) is 18.2 Å². The highest BCUT2D eigenvalue weighted by atomic mass is 16.5. The molecule has 1 spiro atoms. The smallest absolute Gasteiger partial charge is 0.230 e. The summed E-state index contributed by atoms with van der Waals surface area (Å²) in [6.45, 7) is 4.91. The van der Waals surface area contributed by atoms with E-state index in [0.29, 0.717) is 12.5 Å². The molecule has 0 aromatic heterocycles. The van der Waals surface area contributed by atoms with Crippen LogP contribution >= 0.6 is 0 Å². The molecule has 23 heavy (non-hydrogen) atoms. The molecule has 1 saturated carbocycles. The van der Waals surface area contributed by atoms with Crippen LogP contribution in [-0.2, 0) is 11.3 Å². The van der Waals surface area contributed by atoms with Crippen LogP contribution in [0, 0.1) is 11.3 Å². The minimum Gasteiger partial charge on any atom is -0.497 e. The molecule has 1 aromatic rings. The fourth-order valence-electron chi connectivity index (χ4n) is 4.19. The highest BCUT2D eigenvalue weighted by molar-refractivity contribution is 5.85. The highest BCUT2D eigenvalue weighted by Gasteiger charge is 2.50. The molecule has 2 saturated heterocycles. The summed E-state index contributed by atoms with van der Waals surface area (Å²) in [5.41, 5.74) is 1.07. The number of carbonyl (C=O) groups is 1. The fourth-order valence-corrected chi connectivity index (χ4v) is 4.19. The summed E-state index contributed by atoms with van der Waals surface area (Å²) in [7, 11) is 1.68. The molecule has 4 rings (SSSR count). The largest absolute Gasteiger partial charge is 0.497 e. The Kier molecular flexibility index (Phi) is 3.80. The Morgan fingerprint density at radius 2 is 2.09 bits per heavy atom. The lowest BCUT2D eigenvalue weighted by molar-refractivity contribution is -0.136. The van der Waals surface area contributed by atoms with Gasteiger partial charge in [0.1, 0.15) is 5.75 Å². The molecule has 3 fully saturated rings. The van der Waals surface area contributed by atoms with Gasteiger partial charge in [0.2, 0.25) is 5.91 Å². The molecule has 0 radical (unpaired) electrons. The number of methoxy groups -OCH3 is 1. The lowest BCUT2D eigenvalue weighted by atomic mass is 9.85. The van der Waals surface area contributed by atoms with Crippen LogP contribution in [0.4, 0.5) is 0 Å². The first kappa shape index (κ1) is 15.0. The Balaban J connectivity index is 1.41. The number of nitrogens with zero attached hydrogens (tertiary/aromatic N) is 2. The Labute approximate surface area is 138 Å². The number of benzene rings is 1. The van der Waals surface area contributed by atoms with Crippen molar-refractivity contribution in [1.29, 1.82) is 0 Å². The summed E-state index contributed by atoms with van der Waals surface area (Å²) in [6, 6.07) is 8.06. The van der Waals surface area contributed by atoms with E-state index in [2.05, 4.69) is 15.9 Å². The van der Waals surface area contributed by atoms with Gasteiger partial charge in [-0.05, 0) is 55.8 Å². The second-order valence-corrected chi connectivity index (χ2v) is 7.54. The molecule has 1 aromatic carbocycles. The molecule has 3 aliphatic rings. The molecular weight excluding hydrogens is 288 g/mol. The van der Waals surface area contributed by atoms with Gasteiger partial charge in [-0.2, -0.15) is 0 Å². The van der Waals surface area contributed by atoms with Gasteiger partial charge < -0.3 is 14.5 Å². The number of hydrogen-bond acceptors (Lipinski definition) is 3. The average molecular weight is 314 g/mol. The van der Waals surface area contributed by atoms with Crippen LogP contribution < -0.4 is 4.74 Å². The van der Waals surface area contributed by atoms with Gasteiger partial charge in [-0.1, -0.05) is 12.1 Å². The second kappa shape index (κ2) is 5.82. The lowest BCUT2D eigenvalue weighted by Gasteiger charge is -2.24. The highest BCUT2D eigenvalue weighted by Crippen LogP contribution is 2.42. The molecule has 1 aliphatic carbocycles. The third kappa shape index (κ3) is 2.97. The molecule has 1 amide bonds. The monoisotopic (exact) mass is 314 g/mol. The maximum atomic E-state index is 13.0. The van der Waals surface area contributed by atoms with Crippen LogP contribution in [0.2, 0.25) is 0 Å². The van der Waals surface area contributed by atoms with E-state index in [9.17, 15) is 4.79 Å². The topological polar surface area (TPSA) is 32.8 Å². The van der Waals surface area contributed by atoms with Crippen LogP contribution in [0.25, 0.3) is 0 Å². The number of hydrogen-bond donors (Lipinski definition) is 0. The summed E-state index contributed by atoms with van der Waals surface area (Å²) in [4.78, 5) is 17.6. The summed E-state index contributed by atoms with van der Waals surface area (Å²) in [5, 5.41) is 0. The molecule has 2 heterocycles. The summed E-state index contributed by atoms with van der Waals surface area (Å²) in [6.07, 6.45) is 4.85. The molecule has 4 nitrogen and oxygen atoms in total. The van der Waals surface area contributed by atoms with E-state index in [4.69, 9.17) is 4.74 Å². The molecular formula is C19H26N2O2. The van der Waals surface area contributed by atoms with Crippen LogP contribution in [0.15, 0.2) is 24.3 Å². The maximum Gasteiger partial charge on any atom is 0.230 e. The predicted molar refractivity (Wildman–Crippen MR) is 89.2 cm³/mol. The van der Waals surface area contributed by atoms with E-state index in [1.165, 1.54) is 19.4 Å². The number of likely N-dealkylation sites (tertiary alicyclic amines) is 2. The van der Waals surface area contributed by atoms with Gasteiger partial charge in [0.25, 0.3) is 0 Å². The van der Waals surface area contributed by atoms with Gasteiger partial charge in [-0.25, -0.2) is 0 Å². The van der Waals surface area contributed by atoms with Gasteiger partial charge in [-0.3, -0.25) is 4.79 Å². The van der Waals surface area contributed by atoms with Gasteiger partial charge in [0.15, 0.2) is 0 Å². The van der Waals surface area contributed by atoms with Crippen LogP contribution in [0.1, 0.15) is 31.2 Å². The first-order valence-electron chi connectivity index (χ1n) is 8.83. The Morgan fingerprint density at radius 1 is 1.26 bits per heavy atom. The number of carbonyl (C=O) groups excluding carboxylic acids is 1. The van der Waals surface area contributed by atoms with Crippen molar-refractivity contribution < 1.29 is 9.53 Å². The standard InChI is InChI=1S/C19H26N2O2/c1-23-17-4-2-3-16(11-17)13-21-10-8-19(18(21)22)7-9-20(14-19)12-15-5-6-15/h2-4,11,15H,5-10,12-14H2,1H3. The summed E-state index contributed by atoms with van der Waals surface area (Å²) < 4.78 is 5.29. The van der Waals surface area contributed by atoms with Gasteiger partial charge in [-0.15, -0.1) is 0 Å². The first-order valence-corrected chi connectivity index (χ1v) is 8.83. The molecule has 0 N–H and O–H groups in total. The Morgan fingerprint density at radius 3 is 2.87 bits per heavy atom. The molecule has 0 bridgehead atoms. The normalized spacial score (nSPS) is 28.0. The lowest BCUT2D eigenvalue weighted by Crippen LogP contribution is -2.37. The predicted octanol–water partition coefficient (Wildman–Crippen LogP) is 2.53. The van der Waals surface area contributed by atoms with Crippen LogP contribution in [0.3, 0.4) is 0 Å². The van der Waals surface area contributed by atoms with Gasteiger partial charge in [0, 0.05) is 26.2 Å². The van der Waals surface area contributed by atoms with Crippen LogP contribution in [-0.4, -0.2) is 49.0 Å². The Bertz CT molecular complexity index is 599. The average Bonchev–Trinajstić information content (AvgIpc) is 3.22. The first-order chi connectivity index (χ1) is 11.2. The zero-order valence-corrected chi connectivity index (χ0v) is 14.0. The summed E-state index contributed by atoms with van der Waals surface area (Å²) >= 11 is 0. The van der Waals surface area contributed by atoms with Crippen molar-refractivity contribution in [1.82, 2.24) is 9.80 Å². The summed E-state index contributed by atoms with van der Waals surface area (Å²) in [5.74, 6) is 2.15. The maximum absolute atomic E-state index is 13.0. The molecule has 2 aliphatic heterocycles. The van der Waals surface area contributed by atoms with Crippen molar-refractivity contribution in [2.45, 2.75) is 32.2 Å². The number of amides is 1. The zero-order chi connectivity index (χ0) is 15.9. The SMILES string of the molecule is COc1cccc(CN2CCC3(CCN(CC4CC4)C3)C2=O)c1. The van der Waals surface area contributed by atoms with Crippen molar-refractivity contribution in [3.8, 4) is 5.75 Å². The van der Waals surface area contributed by atoms with Crippen molar-refractivity contribution >= 4 is 5.91 Å².